The molecule has 0 radical (unpaired) electrons. The molecule has 0 aliphatic carbocycles. The van der Waals surface area contributed by atoms with Crippen molar-refractivity contribution in [2.75, 3.05) is 0 Å². The number of rotatable bonds is 3. The highest BCUT2D eigenvalue weighted by atomic mass is 32.2. The van der Waals surface area contributed by atoms with Crippen LogP contribution in [0.4, 0.5) is 0 Å². The largest absolute Gasteiger partial charge is 0.309 e. The topological polar surface area (TPSA) is 80.6 Å². The van der Waals surface area contributed by atoms with E-state index in [0.717, 1.165) is 0 Å². The highest BCUT2D eigenvalue weighted by Gasteiger charge is 2.16. The molecule has 26 heavy (non-hydrogen) atoms. The summed E-state index contributed by atoms with van der Waals surface area (Å²) in [4.78, 5) is 36.8. The maximum Gasteiger partial charge on any atom is 0.261 e. The Bertz CT molecular complexity index is 1250. The van der Waals surface area contributed by atoms with E-state index in [0.29, 0.717) is 32.8 Å². The quantitative estimate of drug-likeness (QED) is 0.446. The van der Waals surface area contributed by atoms with Crippen LogP contribution in [0.1, 0.15) is 18.0 Å². The molecule has 6 nitrogen and oxygen atoms in total. The van der Waals surface area contributed by atoms with Gasteiger partial charge in [-0.15, -0.1) is 0 Å². The van der Waals surface area contributed by atoms with Gasteiger partial charge in [0, 0.05) is 7.05 Å². The zero-order valence-electron chi connectivity index (χ0n) is 14.3. The number of nitrogens with one attached hydrogen (secondary N) is 1. The Morgan fingerprint density at radius 1 is 0.962 bits per heavy atom. The number of aromatic amines is 1. The molecule has 130 valence electrons. The predicted molar refractivity (Wildman–Crippen MR) is 104 cm³/mol. The van der Waals surface area contributed by atoms with Gasteiger partial charge in [0.15, 0.2) is 5.16 Å². The van der Waals surface area contributed by atoms with Gasteiger partial charge in [-0.25, -0.2) is 9.97 Å². The monoisotopic (exact) mass is 364 g/mol. The molecule has 1 atom stereocenters. The summed E-state index contributed by atoms with van der Waals surface area (Å²) >= 11 is 1.39. The Morgan fingerprint density at radius 2 is 1.58 bits per heavy atom. The van der Waals surface area contributed by atoms with Crippen molar-refractivity contribution in [2.24, 2.45) is 7.05 Å². The number of para-hydroxylation sites is 2. The van der Waals surface area contributed by atoms with Crippen LogP contribution >= 0.6 is 11.8 Å². The molecule has 0 saturated heterocycles. The van der Waals surface area contributed by atoms with Gasteiger partial charge in [-0.1, -0.05) is 36.0 Å². The van der Waals surface area contributed by atoms with E-state index in [1.165, 1.54) is 16.3 Å². The summed E-state index contributed by atoms with van der Waals surface area (Å²) in [6, 6.07) is 14.5. The van der Waals surface area contributed by atoms with Crippen LogP contribution in [0.5, 0.6) is 0 Å². The van der Waals surface area contributed by atoms with Crippen LogP contribution in [0.15, 0.2) is 63.3 Å². The molecule has 0 bridgehead atoms. The van der Waals surface area contributed by atoms with Gasteiger partial charge in [-0.2, -0.15) is 0 Å². The Kier molecular flexibility index (Phi) is 4.08. The maximum absolute atomic E-state index is 12.5. The van der Waals surface area contributed by atoms with Crippen LogP contribution in [-0.2, 0) is 7.05 Å². The third-order valence-corrected chi connectivity index (χ3v) is 5.39. The fraction of sp³-hybridized carbons (Fsp3) is 0.158. The standard InChI is InChI=1S/C19H16N4O2S/c1-11(16-20-14-9-5-3-7-12(14)17(24)22-16)26-19-21-15-10-6-4-8-13(15)18(25)23(19)2/h3-11H,1-2H3,(H,20,22,24). The molecule has 4 rings (SSSR count). The van der Waals surface area contributed by atoms with Gasteiger partial charge in [0.2, 0.25) is 0 Å². The molecule has 7 heteroatoms. The third-order valence-electron chi connectivity index (χ3n) is 4.24. The van der Waals surface area contributed by atoms with Gasteiger partial charge in [-0.3, -0.25) is 14.2 Å². The molecule has 0 spiro atoms. The van der Waals surface area contributed by atoms with E-state index in [1.807, 2.05) is 43.3 Å². The van der Waals surface area contributed by atoms with Gasteiger partial charge in [0.1, 0.15) is 5.82 Å². The average molecular weight is 364 g/mol. The molecule has 1 N–H and O–H groups in total. The second kappa shape index (κ2) is 6.42. The van der Waals surface area contributed by atoms with Gasteiger partial charge in [0.25, 0.3) is 11.1 Å². The molecule has 1 unspecified atom stereocenters. The summed E-state index contributed by atoms with van der Waals surface area (Å²) in [5, 5.41) is 1.55. The van der Waals surface area contributed by atoms with Crippen molar-refractivity contribution in [3.63, 3.8) is 0 Å². The van der Waals surface area contributed by atoms with Crippen LogP contribution < -0.4 is 11.1 Å². The average Bonchev–Trinajstić information content (AvgIpc) is 2.66. The van der Waals surface area contributed by atoms with Crippen LogP contribution in [0.25, 0.3) is 21.8 Å². The zero-order chi connectivity index (χ0) is 18.3. The van der Waals surface area contributed by atoms with Gasteiger partial charge >= 0.3 is 0 Å². The van der Waals surface area contributed by atoms with Crippen molar-refractivity contribution < 1.29 is 0 Å². The molecule has 0 amide bonds. The molecule has 2 heterocycles. The number of fused-ring (bicyclic) bond motifs is 2. The molecule has 0 aliphatic heterocycles. The summed E-state index contributed by atoms with van der Waals surface area (Å²) in [5.41, 5.74) is 1.05. The molecular formula is C19H16N4O2S. The van der Waals surface area contributed by atoms with Gasteiger partial charge in [-0.05, 0) is 31.2 Å². The first-order valence-corrected chi connectivity index (χ1v) is 9.04. The zero-order valence-corrected chi connectivity index (χ0v) is 15.1. The van der Waals surface area contributed by atoms with E-state index in [4.69, 9.17) is 0 Å². The maximum atomic E-state index is 12.5. The molecule has 4 aromatic rings. The van der Waals surface area contributed by atoms with Crippen LogP contribution in [0.2, 0.25) is 0 Å². The van der Waals surface area contributed by atoms with E-state index >= 15 is 0 Å². The molecule has 2 aromatic carbocycles. The lowest BCUT2D eigenvalue weighted by molar-refractivity contribution is 0.722. The van der Waals surface area contributed by atoms with Crippen LogP contribution in [-0.4, -0.2) is 19.5 Å². The number of thioether (sulfide) groups is 1. The first-order chi connectivity index (χ1) is 12.5. The SMILES string of the molecule is CC(Sc1nc2ccccc2c(=O)n1C)c1nc2ccccc2c(=O)[nH]1. The molecule has 2 aromatic heterocycles. The Morgan fingerprint density at radius 3 is 2.31 bits per heavy atom. The normalized spacial score (nSPS) is 12.5. The minimum Gasteiger partial charge on any atom is -0.309 e. The molecule has 0 saturated carbocycles. The van der Waals surface area contributed by atoms with Crippen molar-refractivity contribution in [1.29, 1.82) is 0 Å². The van der Waals surface area contributed by atoms with E-state index < -0.39 is 0 Å². The van der Waals surface area contributed by atoms with Crippen molar-refractivity contribution in [1.82, 2.24) is 19.5 Å². The van der Waals surface area contributed by atoms with Crippen LogP contribution in [0, 0.1) is 0 Å². The number of aromatic nitrogens is 4. The van der Waals surface area contributed by atoms with Crippen molar-refractivity contribution in [2.45, 2.75) is 17.3 Å². The molecule has 0 aliphatic rings. The lowest BCUT2D eigenvalue weighted by atomic mass is 10.2. The van der Waals surface area contributed by atoms with Crippen molar-refractivity contribution in [3.05, 3.63) is 75.1 Å². The van der Waals surface area contributed by atoms with E-state index in [1.54, 1.807) is 19.2 Å². The predicted octanol–water partition coefficient (Wildman–Crippen LogP) is 3.02. The number of benzene rings is 2. The number of hydrogen-bond acceptors (Lipinski definition) is 5. The second-order valence-electron chi connectivity index (χ2n) is 6.00. The number of nitrogens with zero attached hydrogens (tertiary/aromatic N) is 3. The Hall–Kier alpha value is -2.93. The highest BCUT2D eigenvalue weighted by Crippen LogP contribution is 2.31. The van der Waals surface area contributed by atoms with E-state index in [-0.39, 0.29) is 16.4 Å². The minimum absolute atomic E-state index is 0.0923. The summed E-state index contributed by atoms with van der Waals surface area (Å²) in [6.45, 7) is 1.93. The van der Waals surface area contributed by atoms with Gasteiger partial charge in [0.05, 0.1) is 27.1 Å². The lowest BCUT2D eigenvalue weighted by Crippen LogP contribution is -2.20. The Balaban J connectivity index is 1.76. The third kappa shape index (κ3) is 2.80. The van der Waals surface area contributed by atoms with Gasteiger partial charge < -0.3 is 4.98 Å². The van der Waals surface area contributed by atoms with Crippen molar-refractivity contribution >= 4 is 33.6 Å². The first kappa shape index (κ1) is 16.5. The second-order valence-corrected chi connectivity index (χ2v) is 7.31. The number of H-pyrrole nitrogens is 1. The van der Waals surface area contributed by atoms with E-state index in [2.05, 4.69) is 15.0 Å². The van der Waals surface area contributed by atoms with Crippen LogP contribution in [0.3, 0.4) is 0 Å². The highest BCUT2D eigenvalue weighted by molar-refractivity contribution is 7.99. The number of hydrogen-bond donors (Lipinski definition) is 1. The fourth-order valence-electron chi connectivity index (χ4n) is 2.81. The molecule has 0 fully saturated rings. The smallest absolute Gasteiger partial charge is 0.261 e. The summed E-state index contributed by atoms with van der Waals surface area (Å²) in [5.74, 6) is 0.557. The summed E-state index contributed by atoms with van der Waals surface area (Å²) < 4.78 is 1.53. The first-order valence-electron chi connectivity index (χ1n) is 8.16. The minimum atomic E-state index is -0.174. The lowest BCUT2D eigenvalue weighted by Gasteiger charge is -2.13. The Labute approximate surface area is 152 Å². The summed E-state index contributed by atoms with van der Waals surface area (Å²) in [6.07, 6.45) is 0. The molecular weight excluding hydrogens is 348 g/mol. The summed E-state index contributed by atoms with van der Waals surface area (Å²) in [7, 11) is 1.70. The van der Waals surface area contributed by atoms with Crippen molar-refractivity contribution in [3.8, 4) is 0 Å². The van der Waals surface area contributed by atoms with E-state index in [9.17, 15) is 9.59 Å². The fourth-order valence-corrected chi connectivity index (χ4v) is 3.75.